The standard InChI is InChI=1S/C11H22N4O3/c1-9(16)14-7-5-10(6-8-14)18-13-15(17)12-11(2,3)4/h10H,5-8H2,1-4H3,(H,12,13). The molecule has 0 aromatic rings. The van der Waals surface area contributed by atoms with Crippen molar-refractivity contribution in [1.82, 2.24) is 10.5 Å². The van der Waals surface area contributed by atoms with Gasteiger partial charge in [-0.3, -0.25) is 4.79 Å². The van der Waals surface area contributed by atoms with Crippen LogP contribution in [0.3, 0.4) is 0 Å². The number of hydrazine groups is 1. The van der Waals surface area contributed by atoms with Gasteiger partial charge in [0.15, 0.2) is 0 Å². The van der Waals surface area contributed by atoms with E-state index in [0.29, 0.717) is 18.1 Å². The first-order valence-corrected chi connectivity index (χ1v) is 6.15. The molecule has 1 saturated heterocycles. The molecule has 0 bridgehead atoms. The molecule has 18 heavy (non-hydrogen) atoms. The van der Waals surface area contributed by atoms with Crippen LogP contribution < -0.4 is 5.59 Å². The van der Waals surface area contributed by atoms with Crippen molar-refractivity contribution in [2.75, 3.05) is 13.1 Å². The van der Waals surface area contributed by atoms with E-state index in [4.69, 9.17) is 4.84 Å². The number of nitrogens with one attached hydrogen (secondary N) is 1. The van der Waals surface area contributed by atoms with Crippen molar-refractivity contribution < 1.29 is 14.6 Å². The number of hydrogen-bond donors (Lipinski definition) is 1. The highest BCUT2D eigenvalue weighted by Crippen LogP contribution is 2.13. The minimum atomic E-state index is -0.448. The third kappa shape index (κ3) is 5.31. The molecule has 1 amide bonds. The smallest absolute Gasteiger partial charge is 0.219 e. The van der Waals surface area contributed by atoms with Crippen LogP contribution in [0.1, 0.15) is 40.5 Å². The van der Waals surface area contributed by atoms with E-state index in [2.05, 4.69) is 10.7 Å². The van der Waals surface area contributed by atoms with Gasteiger partial charge in [0.25, 0.3) is 0 Å². The van der Waals surface area contributed by atoms with E-state index in [0.717, 1.165) is 12.8 Å². The van der Waals surface area contributed by atoms with Crippen molar-refractivity contribution >= 4 is 5.91 Å². The molecular formula is C11H22N4O3. The molecule has 0 saturated carbocycles. The number of nitrogens with zero attached hydrogens (tertiary/aromatic N) is 3. The molecule has 1 aliphatic rings. The average molecular weight is 258 g/mol. The summed E-state index contributed by atoms with van der Waals surface area (Å²) in [5.41, 5.74) is 1.81. The first-order valence-electron chi connectivity index (χ1n) is 6.15. The molecule has 0 aromatic heterocycles. The summed E-state index contributed by atoms with van der Waals surface area (Å²) >= 11 is 0. The van der Waals surface area contributed by atoms with E-state index < -0.39 is 5.54 Å². The number of carbonyl (C=O) groups excluding carboxylic acids is 1. The highest BCUT2D eigenvalue weighted by Gasteiger charge is 2.22. The Hall–Kier alpha value is -1.37. The molecule has 7 nitrogen and oxygen atoms in total. The zero-order valence-electron chi connectivity index (χ0n) is 11.5. The van der Waals surface area contributed by atoms with Gasteiger partial charge in [-0.2, -0.15) is 0 Å². The van der Waals surface area contributed by atoms with Crippen LogP contribution in [0.15, 0.2) is 5.11 Å². The summed E-state index contributed by atoms with van der Waals surface area (Å²) in [6.07, 6.45) is 1.37. The lowest BCUT2D eigenvalue weighted by Gasteiger charge is -2.30. The van der Waals surface area contributed by atoms with Crippen molar-refractivity contribution in [3.05, 3.63) is 5.21 Å². The van der Waals surface area contributed by atoms with Crippen molar-refractivity contribution in [2.24, 2.45) is 5.11 Å². The minimum absolute atomic E-state index is 0.0628. The lowest BCUT2D eigenvalue weighted by molar-refractivity contribution is -0.653. The van der Waals surface area contributed by atoms with Crippen LogP contribution in [0.5, 0.6) is 0 Å². The largest absolute Gasteiger partial charge is 0.570 e. The first-order chi connectivity index (χ1) is 8.28. The fourth-order valence-corrected chi connectivity index (χ4v) is 1.70. The summed E-state index contributed by atoms with van der Waals surface area (Å²) in [7, 11) is 0. The summed E-state index contributed by atoms with van der Waals surface area (Å²) in [5.74, 6) is 0.0783. The van der Waals surface area contributed by atoms with Gasteiger partial charge in [0, 0.05) is 25.1 Å². The Balaban J connectivity index is 2.30. The van der Waals surface area contributed by atoms with Gasteiger partial charge < -0.3 is 10.1 Å². The van der Waals surface area contributed by atoms with E-state index in [1.807, 2.05) is 20.8 Å². The summed E-state index contributed by atoms with van der Waals surface area (Å²) in [4.78, 5) is 18.5. The minimum Gasteiger partial charge on any atom is -0.570 e. The predicted octanol–water partition coefficient (Wildman–Crippen LogP) is 1.19. The molecular weight excluding hydrogens is 236 g/mol. The molecule has 0 aliphatic carbocycles. The van der Waals surface area contributed by atoms with Gasteiger partial charge in [0.1, 0.15) is 5.54 Å². The maximum absolute atomic E-state index is 11.3. The molecule has 1 heterocycles. The molecule has 7 heteroatoms. The van der Waals surface area contributed by atoms with Gasteiger partial charge in [0.05, 0.1) is 11.1 Å². The number of hydrogen-bond acceptors (Lipinski definition) is 4. The topological polar surface area (TPSA) is 80.0 Å². The summed E-state index contributed by atoms with van der Waals surface area (Å²) in [6, 6.07) is 0. The molecule has 1 N–H and O–H groups in total. The molecule has 0 atom stereocenters. The summed E-state index contributed by atoms with van der Waals surface area (Å²) in [5, 5.41) is 15.1. The van der Waals surface area contributed by atoms with Crippen molar-refractivity contribution in [3.63, 3.8) is 0 Å². The summed E-state index contributed by atoms with van der Waals surface area (Å²) in [6.45, 7) is 8.36. The molecule has 1 aliphatic heterocycles. The Morgan fingerprint density at radius 1 is 1.44 bits per heavy atom. The average Bonchev–Trinajstić information content (AvgIpc) is 2.24. The Morgan fingerprint density at radius 2 is 2.00 bits per heavy atom. The quantitative estimate of drug-likeness (QED) is 0.468. The number of carbonyl (C=O) groups is 1. The lowest BCUT2D eigenvalue weighted by atomic mass is 10.1. The molecule has 0 spiro atoms. The SMILES string of the molecule is CC(=O)N1CCC(ON[N+]([O-])=NC(C)(C)C)CC1. The Labute approximate surface area is 107 Å². The summed E-state index contributed by atoms with van der Waals surface area (Å²) < 4.78 is 0. The van der Waals surface area contributed by atoms with Crippen LogP contribution in [0.25, 0.3) is 0 Å². The van der Waals surface area contributed by atoms with Crippen molar-refractivity contribution in [1.29, 1.82) is 0 Å². The molecule has 0 aromatic carbocycles. The first kappa shape index (κ1) is 14.7. The second-order valence-corrected chi connectivity index (χ2v) is 5.46. The fourth-order valence-electron chi connectivity index (χ4n) is 1.70. The normalized spacial score (nSPS) is 18.9. The van der Waals surface area contributed by atoms with Gasteiger partial charge in [-0.1, -0.05) is 0 Å². The predicted molar refractivity (Wildman–Crippen MR) is 65.3 cm³/mol. The van der Waals surface area contributed by atoms with E-state index in [1.54, 1.807) is 11.8 Å². The van der Waals surface area contributed by atoms with Gasteiger partial charge >= 0.3 is 0 Å². The van der Waals surface area contributed by atoms with Crippen LogP contribution in [-0.4, -0.2) is 40.5 Å². The highest BCUT2D eigenvalue weighted by atomic mass is 16.8. The van der Waals surface area contributed by atoms with E-state index in [1.165, 1.54) is 0 Å². The van der Waals surface area contributed by atoms with Crippen LogP contribution in [0.4, 0.5) is 0 Å². The van der Waals surface area contributed by atoms with E-state index in [9.17, 15) is 10.0 Å². The Bertz CT molecular complexity index is 317. The van der Waals surface area contributed by atoms with Crippen molar-refractivity contribution in [3.8, 4) is 0 Å². The second-order valence-electron chi connectivity index (χ2n) is 5.46. The van der Waals surface area contributed by atoms with Gasteiger partial charge in [-0.05, 0) is 39.2 Å². The van der Waals surface area contributed by atoms with E-state index >= 15 is 0 Å². The monoisotopic (exact) mass is 258 g/mol. The van der Waals surface area contributed by atoms with Gasteiger partial charge in [-0.25, -0.2) is 4.84 Å². The highest BCUT2D eigenvalue weighted by molar-refractivity contribution is 5.73. The van der Waals surface area contributed by atoms with E-state index in [-0.39, 0.29) is 12.0 Å². The number of likely N-dealkylation sites (tertiary alicyclic amines) is 1. The second kappa shape index (κ2) is 5.99. The molecule has 1 fully saturated rings. The third-order valence-electron chi connectivity index (χ3n) is 2.58. The van der Waals surface area contributed by atoms with Crippen molar-refractivity contribution in [2.45, 2.75) is 52.2 Å². The zero-order valence-corrected chi connectivity index (χ0v) is 11.5. The van der Waals surface area contributed by atoms with Crippen LogP contribution in [0.2, 0.25) is 0 Å². The lowest BCUT2D eigenvalue weighted by Crippen LogP contribution is -2.42. The number of amides is 1. The third-order valence-corrected chi connectivity index (χ3v) is 2.58. The van der Waals surface area contributed by atoms with Gasteiger partial charge in [0.2, 0.25) is 5.91 Å². The van der Waals surface area contributed by atoms with Crippen LogP contribution >= 0.6 is 0 Å². The Morgan fingerprint density at radius 3 is 2.44 bits per heavy atom. The molecule has 0 unspecified atom stereocenters. The Kier molecular flexibility index (Phi) is 4.89. The molecule has 104 valence electrons. The maximum atomic E-state index is 11.3. The number of piperidine rings is 1. The maximum Gasteiger partial charge on any atom is 0.219 e. The molecule has 0 radical (unpaired) electrons. The van der Waals surface area contributed by atoms with Crippen LogP contribution in [0, 0.1) is 5.21 Å². The zero-order chi connectivity index (χ0) is 13.8. The molecule has 1 rings (SSSR count). The fraction of sp³-hybridized carbons (Fsp3) is 0.909. The van der Waals surface area contributed by atoms with Gasteiger partial charge in [-0.15, -0.1) is 0 Å². The van der Waals surface area contributed by atoms with Crippen LogP contribution in [-0.2, 0) is 9.63 Å². The number of rotatable bonds is 3.